The van der Waals surface area contributed by atoms with Gasteiger partial charge in [-0.15, -0.1) is 0 Å². The maximum Gasteiger partial charge on any atom is 0.156 e. The highest BCUT2D eigenvalue weighted by molar-refractivity contribution is 6.55. The summed E-state index contributed by atoms with van der Waals surface area (Å²) in [5.74, 6) is 0.957. The van der Waals surface area contributed by atoms with Gasteiger partial charge in [0.1, 0.15) is 23.5 Å². The summed E-state index contributed by atoms with van der Waals surface area (Å²) in [6.45, 7) is 7.52. The Labute approximate surface area is 181 Å². The minimum absolute atomic E-state index is 0.0286. The van der Waals surface area contributed by atoms with Crippen LogP contribution in [0.1, 0.15) is 40.0 Å². The Morgan fingerprint density at radius 1 is 1.00 bits per heavy atom. The Bertz CT molecular complexity index is 615. The summed E-state index contributed by atoms with van der Waals surface area (Å²) in [6, 6.07) is 3.28. The van der Waals surface area contributed by atoms with Gasteiger partial charge >= 0.3 is 0 Å². The summed E-state index contributed by atoms with van der Waals surface area (Å²) in [4.78, 5) is 5.22. The molecule has 0 spiro atoms. The fourth-order valence-electron chi connectivity index (χ4n) is 1.83. The van der Waals surface area contributed by atoms with E-state index < -0.39 is 0 Å². The largest absolute Gasteiger partial charge is 0.490 e. The van der Waals surface area contributed by atoms with E-state index >= 15 is 0 Å². The van der Waals surface area contributed by atoms with Gasteiger partial charge in [-0.3, -0.25) is 0 Å². The summed E-state index contributed by atoms with van der Waals surface area (Å²) in [7, 11) is 0. The van der Waals surface area contributed by atoms with Gasteiger partial charge in [0.05, 0.1) is 16.7 Å². The Balaban J connectivity index is 2.30. The number of unbranched alkanes of at least 4 members (excludes halogenated alkanes) is 2. The lowest BCUT2D eigenvalue weighted by atomic mass is 10.00. The number of oxime groups is 1. The molecule has 0 unspecified atom stereocenters. The molecule has 0 aromatic heterocycles. The number of ether oxygens (including phenoxy) is 2. The monoisotopic (exact) mass is 455 g/mol. The van der Waals surface area contributed by atoms with Crippen molar-refractivity contribution in [3.63, 3.8) is 0 Å². The summed E-state index contributed by atoms with van der Waals surface area (Å²) in [6.07, 6.45) is 6.03. The van der Waals surface area contributed by atoms with Gasteiger partial charge in [-0.25, -0.2) is 0 Å². The molecule has 0 saturated heterocycles. The highest BCUT2D eigenvalue weighted by Gasteiger charge is 2.10. The number of benzene rings is 1. The quantitative estimate of drug-likeness (QED) is 0.199. The van der Waals surface area contributed by atoms with Crippen LogP contribution in [-0.4, -0.2) is 26.0 Å². The second-order valence-electron chi connectivity index (χ2n) is 6.86. The molecule has 0 bridgehead atoms. The second kappa shape index (κ2) is 12.6. The smallest absolute Gasteiger partial charge is 0.156 e. The Morgan fingerprint density at radius 3 is 2.22 bits per heavy atom. The number of halogens is 4. The third-order valence-electron chi connectivity index (χ3n) is 3.10. The molecule has 0 amide bonds. The van der Waals surface area contributed by atoms with E-state index in [1.165, 1.54) is 6.08 Å². The van der Waals surface area contributed by atoms with Crippen molar-refractivity contribution in [1.82, 2.24) is 0 Å². The van der Waals surface area contributed by atoms with Gasteiger partial charge in [0, 0.05) is 23.8 Å². The van der Waals surface area contributed by atoms with Crippen LogP contribution < -0.4 is 9.47 Å². The molecule has 27 heavy (non-hydrogen) atoms. The molecule has 1 aromatic carbocycles. The maximum atomic E-state index is 6.22. The molecule has 0 radical (unpaired) electrons. The van der Waals surface area contributed by atoms with Crippen molar-refractivity contribution in [2.45, 2.75) is 40.0 Å². The van der Waals surface area contributed by atoms with Crippen LogP contribution in [0.3, 0.4) is 0 Å². The van der Waals surface area contributed by atoms with E-state index in [1.807, 2.05) is 0 Å². The van der Waals surface area contributed by atoms with E-state index in [-0.39, 0.29) is 16.5 Å². The summed E-state index contributed by atoms with van der Waals surface area (Å²) in [5, 5.41) is 4.72. The average Bonchev–Trinajstić information content (AvgIpc) is 2.54. The highest BCUT2D eigenvalue weighted by Crippen LogP contribution is 2.37. The number of rotatable bonds is 11. The molecule has 8 heteroatoms. The van der Waals surface area contributed by atoms with Crippen molar-refractivity contribution in [2.75, 3.05) is 19.8 Å². The van der Waals surface area contributed by atoms with Gasteiger partial charge in [0.2, 0.25) is 0 Å². The summed E-state index contributed by atoms with van der Waals surface area (Å²) in [5.41, 5.74) is 0.0286. The molecular formula is C19H25Cl4NO3. The third-order valence-corrected chi connectivity index (χ3v) is 3.97. The molecule has 0 saturated carbocycles. The molecular weight excluding hydrogens is 432 g/mol. The van der Waals surface area contributed by atoms with Crippen molar-refractivity contribution in [3.05, 3.63) is 32.7 Å². The average molecular weight is 457 g/mol. The van der Waals surface area contributed by atoms with Crippen molar-refractivity contribution in [1.29, 1.82) is 0 Å². The van der Waals surface area contributed by atoms with Crippen LogP contribution in [-0.2, 0) is 4.84 Å². The SMILES string of the molecule is CC(C)(C)C=NOCCCCCOc1c(Cl)cc(OCC=C(Cl)Cl)cc1Cl. The second-order valence-corrected chi connectivity index (χ2v) is 8.69. The Hall–Kier alpha value is -0.810. The van der Waals surface area contributed by atoms with Crippen LogP contribution in [0.2, 0.25) is 10.0 Å². The van der Waals surface area contributed by atoms with Gasteiger partial charge in [0.25, 0.3) is 0 Å². The molecule has 0 aliphatic rings. The van der Waals surface area contributed by atoms with Gasteiger partial charge in [-0.05, 0) is 25.3 Å². The minimum Gasteiger partial charge on any atom is -0.490 e. The van der Waals surface area contributed by atoms with E-state index in [4.69, 9.17) is 60.7 Å². The molecule has 0 aliphatic carbocycles. The molecule has 1 rings (SSSR count). The number of hydrogen-bond acceptors (Lipinski definition) is 4. The lowest BCUT2D eigenvalue weighted by molar-refractivity contribution is 0.137. The predicted octanol–water partition coefficient (Wildman–Crippen LogP) is 7.29. The molecule has 0 fully saturated rings. The van der Waals surface area contributed by atoms with Crippen molar-refractivity contribution < 1.29 is 14.3 Å². The minimum atomic E-state index is 0.0286. The molecule has 4 nitrogen and oxygen atoms in total. The van der Waals surface area contributed by atoms with E-state index in [2.05, 4.69) is 25.9 Å². The standard InChI is InChI=1S/C19H25Cl4NO3/c1-19(2,3)13-24-27-9-6-4-5-8-26-18-15(20)11-14(12-16(18)21)25-10-7-17(22)23/h7,11-13H,4-6,8-10H2,1-3H3. The van der Waals surface area contributed by atoms with Crippen molar-refractivity contribution >= 4 is 52.6 Å². The first kappa shape index (κ1) is 24.2. The van der Waals surface area contributed by atoms with E-state index in [0.717, 1.165) is 19.3 Å². The van der Waals surface area contributed by atoms with E-state index in [0.29, 0.717) is 34.8 Å². The molecule has 0 heterocycles. The topological polar surface area (TPSA) is 40.0 Å². The lowest BCUT2D eigenvalue weighted by Gasteiger charge is -2.12. The molecule has 0 aliphatic heterocycles. The molecule has 0 atom stereocenters. The van der Waals surface area contributed by atoms with Gasteiger partial charge in [-0.1, -0.05) is 72.3 Å². The van der Waals surface area contributed by atoms with Crippen LogP contribution in [0.4, 0.5) is 0 Å². The lowest BCUT2D eigenvalue weighted by Crippen LogP contribution is -2.06. The maximum absolute atomic E-state index is 6.22. The van der Waals surface area contributed by atoms with Crippen LogP contribution in [0.25, 0.3) is 0 Å². The van der Waals surface area contributed by atoms with Crippen LogP contribution in [0.15, 0.2) is 27.9 Å². The van der Waals surface area contributed by atoms with E-state index in [9.17, 15) is 0 Å². The molecule has 0 N–H and O–H groups in total. The molecule has 152 valence electrons. The zero-order valence-corrected chi connectivity index (χ0v) is 18.8. The third kappa shape index (κ3) is 11.6. The van der Waals surface area contributed by atoms with Crippen LogP contribution in [0, 0.1) is 5.41 Å². The Morgan fingerprint density at radius 2 is 1.63 bits per heavy atom. The highest BCUT2D eigenvalue weighted by atomic mass is 35.5. The zero-order chi connectivity index (χ0) is 20.3. The van der Waals surface area contributed by atoms with Crippen molar-refractivity contribution in [2.24, 2.45) is 10.6 Å². The van der Waals surface area contributed by atoms with Gasteiger partial charge in [-0.2, -0.15) is 0 Å². The van der Waals surface area contributed by atoms with E-state index in [1.54, 1.807) is 18.3 Å². The van der Waals surface area contributed by atoms with Gasteiger partial charge < -0.3 is 14.3 Å². The first-order valence-electron chi connectivity index (χ1n) is 8.61. The number of hydrogen-bond donors (Lipinski definition) is 0. The van der Waals surface area contributed by atoms with Crippen LogP contribution in [0.5, 0.6) is 11.5 Å². The fourth-order valence-corrected chi connectivity index (χ4v) is 2.53. The zero-order valence-electron chi connectivity index (χ0n) is 15.7. The van der Waals surface area contributed by atoms with Crippen molar-refractivity contribution in [3.8, 4) is 11.5 Å². The summed E-state index contributed by atoms with van der Waals surface area (Å²) >= 11 is 23.5. The first-order valence-corrected chi connectivity index (χ1v) is 10.1. The normalized spacial score (nSPS) is 11.5. The number of nitrogens with zero attached hydrogens (tertiary/aromatic N) is 1. The van der Waals surface area contributed by atoms with Crippen LogP contribution >= 0.6 is 46.4 Å². The molecule has 1 aromatic rings. The first-order chi connectivity index (χ1) is 12.7. The fraction of sp³-hybridized carbons (Fsp3) is 0.526. The summed E-state index contributed by atoms with van der Waals surface area (Å²) < 4.78 is 11.3. The Kier molecular flexibility index (Phi) is 11.3. The predicted molar refractivity (Wildman–Crippen MR) is 115 cm³/mol. The van der Waals surface area contributed by atoms with Gasteiger partial charge in [0.15, 0.2) is 5.75 Å².